The Kier molecular flexibility index (Phi) is 4.81. The van der Waals surface area contributed by atoms with Gasteiger partial charge in [-0.1, -0.05) is 13.8 Å². The van der Waals surface area contributed by atoms with E-state index in [1.165, 1.54) is 0 Å². The Morgan fingerprint density at radius 2 is 1.74 bits per heavy atom. The molecule has 0 bridgehead atoms. The summed E-state index contributed by atoms with van der Waals surface area (Å²) in [5.74, 6) is -0.335. The molecular formula is C11H14F3NO3S. The van der Waals surface area contributed by atoms with Crippen molar-refractivity contribution in [3.8, 4) is 5.75 Å². The molecule has 4 nitrogen and oxygen atoms in total. The van der Waals surface area contributed by atoms with Crippen LogP contribution < -0.4 is 9.46 Å². The second-order valence-corrected chi connectivity index (χ2v) is 6.03. The lowest BCUT2D eigenvalue weighted by molar-refractivity contribution is -0.274. The van der Waals surface area contributed by atoms with E-state index in [0.29, 0.717) is 0 Å². The van der Waals surface area contributed by atoms with E-state index in [-0.39, 0.29) is 17.4 Å². The van der Waals surface area contributed by atoms with Gasteiger partial charge in [0.15, 0.2) is 0 Å². The second kappa shape index (κ2) is 5.79. The monoisotopic (exact) mass is 297 g/mol. The molecule has 0 heterocycles. The molecule has 1 aromatic rings. The molecule has 0 aliphatic carbocycles. The van der Waals surface area contributed by atoms with Crippen LogP contribution in [-0.2, 0) is 10.0 Å². The molecule has 1 rings (SSSR count). The Balaban J connectivity index is 2.81. The van der Waals surface area contributed by atoms with Gasteiger partial charge in [-0.15, -0.1) is 13.2 Å². The molecule has 0 aliphatic heterocycles. The predicted octanol–water partition coefficient (Wildman–Crippen LogP) is 2.52. The zero-order chi connectivity index (χ0) is 14.7. The number of rotatable bonds is 5. The lowest BCUT2D eigenvalue weighted by Gasteiger charge is -2.11. The summed E-state index contributed by atoms with van der Waals surface area (Å²) in [7, 11) is -3.70. The second-order valence-electron chi connectivity index (χ2n) is 4.26. The van der Waals surface area contributed by atoms with E-state index in [1.807, 2.05) is 13.8 Å². The van der Waals surface area contributed by atoms with Gasteiger partial charge in [0.2, 0.25) is 10.0 Å². The van der Waals surface area contributed by atoms with Crippen LogP contribution in [0.15, 0.2) is 29.2 Å². The van der Waals surface area contributed by atoms with Crippen molar-refractivity contribution in [1.29, 1.82) is 0 Å². The molecule has 1 N–H and O–H groups in total. The first-order valence-electron chi connectivity index (χ1n) is 5.45. The topological polar surface area (TPSA) is 55.4 Å². The predicted molar refractivity (Wildman–Crippen MR) is 63.2 cm³/mol. The van der Waals surface area contributed by atoms with Crippen molar-refractivity contribution < 1.29 is 26.3 Å². The SMILES string of the molecule is CC(C)CNS(=O)(=O)c1ccc(OC(F)(F)F)cc1. The fourth-order valence-corrected chi connectivity index (χ4v) is 2.39. The molecule has 0 aliphatic rings. The van der Waals surface area contributed by atoms with Crippen molar-refractivity contribution in [2.24, 2.45) is 5.92 Å². The van der Waals surface area contributed by atoms with E-state index in [9.17, 15) is 21.6 Å². The first-order valence-corrected chi connectivity index (χ1v) is 6.94. The smallest absolute Gasteiger partial charge is 0.406 e. The van der Waals surface area contributed by atoms with Crippen LogP contribution in [0.1, 0.15) is 13.8 Å². The van der Waals surface area contributed by atoms with Gasteiger partial charge in [-0.2, -0.15) is 0 Å². The number of hydrogen-bond acceptors (Lipinski definition) is 3. The molecule has 0 fully saturated rings. The molecule has 0 unspecified atom stereocenters. The highest BCUT2D eigenvalue weighted by atomic mass is 32.2. The van der Waals surface area contributed by atoms with E-state index in [0.717, 1.165) is 24.3 Å². The summed E-state index contributed by atoms with van der Waals surface area (Å²) in [5.41, 5.74) is 0. The van der Waals surface area contributed by atoms with Gasteiger partial charge in [0.05, 0.1) is 4.90 Å². The van der Waals surface area contributed by atoms with Crippen LogP contribution in [0.5, 0.6) is 5.75 Å². The summed E-state index contributed by atoms with van der Waals surface area (Å²) in [4.78, 5) is -0.109. The number of benzene rings is 1. The molecule has 0 radical (unpaired) electrons. The molecule has 108 valence electrons. The molecule has 0 amide bonds. The average molecular weight is 297 g/mol. The first-order chi connectivity index (χ1) is 8.60. The lowest BCUT2D eigenvalue weighted by atomic mass is 10.2. The zero-order valence-electron chi connectivity index (χ0n) is 10.4. The van der Waals surface area contributed by atoms with Crippen LogP contribution in [0, 0.1) is 5.92 Å². The highest BCUT2D eigenvalue weighted by molar-refractivity contribution is 7.89. The number of sulfonamides is 1. The third-order valence-electron chi connectivity index (χ3n) is 2.05. The van der Waals surface area contributed by atoms with E-state index >= 15 is 0 Å². The fraction of sp³-hybridized carbons (Fsp3) is 0.455. The minimum Gasteiger partial charge on any atom is -0.406 e. The molecule has 0 saturated carbocycles. The summed E-state index contributed by atoms with van der Waals surface area (Å²) in [6, 6.07) is 4.03. The van der Waals surface area contributed by atoms with Crippen LogP contribution in [0.2, 0.25) is 0 Å². The van der Waals surface area contributed by atoms with E-state index < -0.39 is 22.1 Å². The standard InChI is InChI=1S/C11H14F3NO3S/c1-8(2)7-15-19(16,17)10-5-3-9(4-6-10)18-11(12,13)14/h3-6,8,15H,7H2,1-2H3. The highest BCUT2D eigenvalue weighted by Crippen LogP contribution is 2.23. The molecule has 0 aromatic heterocycles. The van der Waals surface area contributed by atoms with E-state index in [1.54, 1.807) is 0 Å². The average Bonchev–Trinajstić information content (AvgIpc) is 2.25. The lowest BCUT2D eigenvalue weighted by Crippen LogP contribution is -2.27. The van der Waals surface area contributed by atoms with Crippen molar-refractivity contribution in [1.82, 2.24) is 4.72 Å². The molecule has 0 saturated heterocycles. The number of ether oxygens (including phenoxy) is 1. The molecule has 19 heavy (non-hydrogen) atoms. The van der Waals surface area contributed by atoms with Crippen molar-refractivity contribution >= 4 is 10.0 Å². The third kappa shape index (κ3) is 5.48. The summed E-state index contributed by atoms with van der Waals surface area (Å²) in [6.07, 6.45) is -4.80. The Bertz CT molecular complexity index is 509. The van der Waals surface area contributed by atoms with Gasteiger partial charge in [-0.05, 0) is 30.2 Å². The van der Waals surface area contributed by atoms with Crippen molar-refractivity contribution in [3.63, 3.8) is 0 Å². The Morgan fingerprint density at radius 1 is 1.21 bits per heavy atom. The number of hydrogen-bond donors (Lipinski definition) is 1. The maximum atomic E-state index is 11.9. The quantitative estimate of drug-likeness (QED) is 0.908. The van der Waals surface area contributed by atoms with Crippen LogP contribution >= 0.6 is 0 Å². The number of halogens is 3. The van der Waals surface area contributed by atoms with Crippen molar-refractivity contribution in [2.45, 2.75) is 25.1 Å². The van der Waals surface area contributed by atoms with Crippen LogP contribution in [0.3, 0.4) is 0 Å². The Morgan fingerprint density at radius 3 is 2.16 bits per heavy atom. The van der Waals surface area contributed by atoms with Crippen molar-refractivity contribution in [2.75, 3.05) is 6.54 Å². The highest BCUT2D eigenvalue weighted by Gasteiger charge is 2.31. The number of alkyl halides is 3. The normalized spacial score (nSPS) is 12.7. The summed E-state index contributed by atoms with van der Waals surface area (Å²) < 4.78 is 65.3. The molecule has 0 atom stereocenters. The first kappa shape index (κ1) is 15.8. The van der Waals surface area contributed by atoms with E-state index in [2.05, 4.69) is 9.46 Å². The molecule has 1 aromatic carbocycles. The molecule has 0 spiro atoms. The maximum absolute atomic E-state index is 11.9. The van der Waals surface area contributed by atoms with Gasteiger partial charge in [-0.3, -0.25) is 0 Å². The summed E-state index contributed by atoms with van der Waals surface area (Å²) in [6.45, 7) is 3.93. The van der Waals surface area contributed by atoms with Crippen LogP contribution in [-0.4, -0.2) is 21.3 Å². The summed E-state index contributed by atoms with van der Waals surface area (Å²) in [5, 5.41) is 0. The van der Waals surface area contributed by atoms with Gasteiger partial charge in [0, 0.05) is 6.54 Å². The Hall–Kier alpha value is -1.28. The minimum absolute atomic E-state index is 0.109. The Labute approximate surface area is 109 Å². The van der Waals surface area contributed by atoms with Gasteiger partial charge in [0.1, 0.15) is 5.75 Å². The van der Waals surface area contributed by atoms with Gasteiger partial charge in [0.25, 0.3) is 0 Å². The van der Waals surface area contributed by atoms with Gasteiger partial charge < -0.3 is 4.74 Å². The zero-order valence-corrected chi connectivity index (χ0v) is 11.2. The molecule has 8 heteroatoms. The van der Waals surface area contributed by atoms with Crippen LogP contribution in [0.4, 0.5) is 13.2 Å². The van der Waals surface area contributed by atoms with E-state index in [4.69, 9.17) is 0 Å². The fourth-order valence-electron chi connectivity index (χ4n) is 1.18. The number of nitrogens with one attached hydrogen (secondary N) is 1. The minimum atomic E-state index is -4.80. The van der Waals surface area contributed by atoms with Crippen LogP contribution in [0.25, 0.3) is 0 Å². The van der Waals surface area contributed by atoms with Gasteiger partial charge in [-0.25, -0.2) is 13.1 Å². The third-order valence-corrected chi connectivity index (χ3v) is 3.49. The largest absolute Gasteiger partial charge is 0.573 e. The molecular weight excluding hydrogens is 283 g/mol. The van der Waals surface area contributed by atoms with Crippen molar-refractivity contribution in [3.05, 3.63) is 24.3 Å². The van der Waals surface area contributed by atoms with Gasteiger partial charge >= 0.3 is 6.36 Å². The summed E-state index contributed by atoms with van der Waals surface area (Å²) >= 11 is 0. The maximum Gasteiger partial charge on any atom is 0.573 e.